The van der Waals surface area contributed by atoms with Crippen LogP contribution in [0.15, 0.2) is 0 Å². The summed E-state index contributed by atoms with van der Waals surface area (Å²) in [6.45, 7) is 4.56. The molecule has 0 aromatic rings. The molecule has 114 valence electrons. The van der Waals surface area contributed by atoms with Crippen LogP contribution in [0, 0.1) is 0 Å². The van der Waals surface area contributed by atoms with Crippen molar-refractivity contribution in [3.05, 3.63) is 0 Å². The first-order valence-electron chi connectivity index (χ1n) is 7.52. The van der Waals surface area contributed by atoms with Crippen LogP contribution in [-0.2, 0) is 0 Å². The summed E-state index contributed by atoms with van der Waals surface area (Å²) in [4.78, 5) is 1.65. The lowest BCUT2D eigenvalue weighted by Crippen LogP contribution is -2.52. The number of alkyl halides is 3. The van der Waals surface area contributed by atoms with E-state index in [1.54, 1.807) is 4.90 Å². The fourth-order valence-corrected chi connectivity index (χ4v) is 3.11. The number of halogens is 3. The van der Waals surface area contributed by atoms with Crippen molar-refractivity contribution in [3.8, 4) is 0 Å². The van der Waals surface area contributed by atoms with Gasteiger partial charge in [0, 0.05) is 12.1 Å². The second-order valence-corrected chi connectivity index (χ2v) is 5.46. The highest BCUT2D eigenvalue weighted by Crippen LogP contribution is 2.26. The number of hydrogen-bond acceptors (Lipinski definition) is 2. The van der Waals surface area contributed by atoms with Crippen LogP contribution in [0.3, 0.4) is 0 Å². The summed E-state index contributed by atoms with van der Waals surface area (Å²) in [5.74, 6) is 0. The quantitative estimate of drug-likeness (QED) is 0.748. The molecule has 1 fully saturated rings. The van der Waals surface area contributed by atoms with Gasteiger partial charge in [-0.05, 0) is 32.4 Å². The maximum absolute atomic E-state index is 12.7. The Kier molecular flexibility index (Phi) is 7.15. The second kappa shape index (κ2) is 8.10. The molecular weight excluding hydrogens is 253 g/mol. The first-order valence-corrected chi connectivity index (χ1v) is 7.52. The van der Waals surface area contributed by atoms with Crippen molar-refractivity contribution in [3.63, 3.8) is 0 Å². The molecule has 0 aromatic heterocycles. The van der Waals surface area contributed by atoms with E-state index in [9.17, 15) is 13.2 Å². The highest BCUT2D eigenvalue weighted by molar-refractivity contribution is 4.87. The van der Waals surface area contributed by atoms with E-state index in [-0.39, 0.29) is 12.1 Å². The second-order valence-electron chi connectivity index (χ2n) is 5.46. The van der Waals surface area contributed by atoms with Crippen LogP contribution in [0.4, 0.5) is 13.2 Å². The molecule has 1 saturated carbocycles. The minimum atomic E-state index is -4.10. The predicted molar refractivity (Wildman–Crippen MR) is 72.3 cm³/mol. The van der Waals surface area contributed by atoms with E-state index in [2.05, 4.69) is 5.32 Å². The van der Waals surface area contributed by atoms with E-state index in [1.165, 1.54) is 0 Å². The van der Waals surface area contributed by atoms with Crippen molar-refractivity contribution < 1.29 is 13.2 Å². The molecule has 0 radical (unpaired) electrons. The predicted octanol–water partition coefficient (Wildman–Crippen LogP) is 3.57. The molecule has 5 heteroatoms. The fourth-order valence-electron chi connectivity index (χ4n) is 3.11. The average Bonchev–Trinajstić information content (AvgIpc) is 2.53. The van der Waals surface area contributed by atoms with Crippen molar-refractivity contribution in [1.82, 2.24) is 10.2 Å². The normalized spacial score (nSPS) is 25.6. The molecule has 0 aromatic carbocycles. The van der Waals surface area contributed by atoms with Gasteiger partial charge in [-0.25, -0.2) is 0 Å². The Labute approximate surface area is 114 Å². The molecule has 1 rings (SSSR count). The highest BCUT2D eigenvalue weighted by atomic mass is 19.4. The highest BCUT2D eigenvalue weighted by Gasteiger charge is 2.36. The monoisotopic (exact) mass is 280 g/mol. The van der Waals surface area contributed by atoms with Crippen molar-refractivity contribution in [1.29, 1.82) is 0 Å². The van der Waals surface area contributed by atoms with Crippen LogP contribution in [0.1, 0.15) is 52.4 Å². The van der Waals surface area contributed by atoms with Crippen molar-refractivity contribution in [2.45, 2.75) is 70.6 Å². The Morgan fingerprint density at radius 1 is 1.11 bits per heavy atom. The number of rotatable bonds is 6. The molecule has 2 nitrogen and oxygen atoms in total. The molecular formula is C14H27F3N2. The first-order chi connectivity index (χ1) is 8.98. The molecule has 0 aliphatic heterocycles. The van der Waals surface area contributed by atoms with Crippen LogP contribution in [-0.4, -0.2) is 42.8 Å². The third-order valence-electron chi connectivity index (χ3n) is 3.81. The molecule has 0 amide bonds. The summed E-state index contributed by atoms with van der Waals surface area (Å²) in [7, 11) is 0. The van der Waals surface area contributed by atoms with E-state index in [4.69, 9.17) is 0 Å². The standard InChI is InChI=1S/C14H27F3N2/c1-3-10-19(11-14(15,16)17)13-9-7-5-6-8-12(13)18-4-2/h12-13,18H,3-11H2,1-2H3. The van der Waals surface area contributed by atoms with Gasteiger partial charge in [0.05, 0.1) is 6.54 Å². The molecule has 1 aliphatic carbocycles. The third kappa shape index (κ3) is 6.13. The Bertz CT molecular complexity index is 243. The zero-order valence-corrected chi connectivity index (χ0v) is 12.1. The maximum atomic E-state index is 12.7. The fraction of sp³-hybridized carbons (Fsp3) is 1.00. The van der Waals surface area contributed by atoms with Gasteiger partial charge in [-0.1, -0.05) is 33.1 Å². The van der Waals surface area contributed by atoms with Gasteiger partial charge in [-0.2, -0.15) is 13.2 Å². The van der Waals surface area contributed by atoms with Crippen molar-refractivity contribution in [2.24, 2.45) is 0 Å². The van der Waals surface area contributed by atoms with E-state index >= 15 is 0 Å². The van der Waals surface area contributed by atoms with Crippen LogP contribution >= 0.6 is 0 Å². The molecule has 2 unspecified atom stereocenters. The summed E-state index contributed by atoms with van der Waals surface area (Å²) >= 11 is 0. The zero-order chi connectivity index (χ0) is 14.3. The summed E-state index contributed by atoms with van der Waals surface area (Å²) in [6, 6.07) is 0.241. The first kappa shape index (κ1) is 16.8. The molecule has 2 atom stereocenters. The van der Waals surface area contributed by atoms with Gasteiger partial charge in [0.25, 0.3) is 0 Å². The van der Waals surface area contributed by atoms with Gasteiger partial charge in [0.15, 0.2) is 0 Å². The summed E-state index contributed by atoms with van der Waals surface area (Å²) in [6.07, 6.45) is 1.86. The Balaban J connectivity index is 2.75. The van der Waals surface area contributed by atoms with Gasteiger partial charge in [-0.3, -0.25) is 4.90 Å². The largest absolute Gasteiger partial charge is 0.401 e. The Hall–Kier alpha value is -0.290. The van der Waals surface area contributed by atoms with E-state index < -0.39 is 12.7 Å². The minimum absolute atomic E-state index is 0.0315. The lowest BCUT2D eigenvalue weighted by atomic mass is 10.0. The van der Waals surface area contributed by atoms with Gasteiger partial charge < -0.3 is 5.32 Å². The minimum Gasteiger partial charge on any atom is -0.313 e. The third-order valence-corrected chi connectivity index (χ3v) is 3.81. The van der Waals surface area contributed by atoms with E-state index in [1.807, 2.05) is 13.8 Å². The van der Waals surface area contributed by atoms with Gasteiger partial charge in [0.1, 0.15) is 0 Å². The lowest BCUT2D eigenvalue weighted by molar-refractivity contribution is -0.152. The van der Waals surface area contributed by atoms with E-state index in [0.29, 0.717) is 6.54 Å². The van der Waals surface area contributed by atoms with Gasteiger partial charge >= 0.3 is 6.18 Å². The van der Waals surface area contributed by atoms with Gasteiger partial charge in [-0.15, -0.1) is 0 Å². The van der Waals surface area contributed by atoms with Crippen LogP contribution in [0.5, 0.6) is 0 Å². The Morgan fingerprint density at radius 3 is 2.37 bits per heavy atom. The van der Waals surface area contributed by atoms with Crippen LogP contribution < -0.4 is 5.32 Å². The topological polar surface area (TPSA) is 15.3 Å². The van der Waals surface area contributed by atoms with Crippen molar-refractivity contribution in [2.75, 3.05) is 19.6 Å². The van der Waals surface area contributed by atoms with E-state index in [0.717, 1.165) is 45.1 Å². The number of nitrogens with one attached hydrogen (secondary N) is 1. The van der Waals surface area contributed by atoms with Crippen LogP contribution in [0.25, 0.3) is 0 Å². The summed E-state index contributed by atoms with van der Waals surface area (Å²) in [5.41, 5.74) is 0. The smallest absolute Gasteiger partial charge is 0.313 e. The average molecular weight is 280 g/mol. The lowest BCUT2D eigenvalue weighted by Gasteiger charge is -2.37. The van der Waals surface area contributed by atoms with Crippen LogP contribution in [0.2, 0.25) is 0 Å². The Morgan fingerprint density at radius 2 is 1.79 bits per heavy atom. The molecule has 1 N–H and O–H groups in total. The molecule has 0 saturated heterocycles. The zero-order valence-electron chi connectivity index (χ0n) is 12.1. The number of hydrogen-bond donors (Lipinski definition) is 1. The van der Waals surface area contributed by atoms with Gasteiger partial charge in [0.2, 0.25) is 0 Å². The molecule has 19 heavy (non-hydrogen) atoms. The SMILES string of the molecule is CCCN(CC(F)(F)F)C1CCCCCC1NCC. The summed E-state index contributed by atoms with van der Waals surface area (Å²) in [5, 5.41) is 3.39. The number of likely N-dealkylation sites (N-methyl/N-ethyl adjacent to an activating group) is 1. The maximum Gasteiger partial charge on any atom is 0.401 e. The number of nitrogens with zero attached hydrogens (tertiary/aromatic N) is 1. The molecule has 0 bridgehead atoms. The van der Waals surface area contributed by atoms with Crippen molar-refractivity contribution >= 4 is 0 Å². The summed E-state index contributed by atoms with van der Waals surface area (Å²) < 4.78 is 38.2. The molecule has 1 aliphatic rings. The molecule has 0 spiro atoms. The molecule has 0 heterocycles.